The van der Waals surface area contributed by atoms with E-state index in [1.54, 1.807) is 18.2 Å². The lowest BCUT2D eigenvalue weighted by Crippen LogP contribution is -2.18. The third-order valence-corrected chi connectivity index (χ3v) is 4.50. The molecule has 0 bridgehead atoms. The Morgan fingerprint density at radius 1 is 1.00 bits per heavy atom. The minimum atomic E-state index is -4.52. The average molecular weight is 433 g/mol. The van der Waals surface area contributed by atoms with E-state index in [0.717, 1.165) is 6.08 Å². The topological polar surface area (TPSA) is 30.7 Å². The first kappa shape index (κ1) is 19.7. The van der Waals surface area contributed by atoms with Gasteiger partial charge in [-0.2, -0.15) is 18.3 Å². The van der Waals surface area contributed by atoms with Crippen LogP contribution < -0.4 is 0 Å². The molecule has 2 aromatic carbocycles. The van der Waals surface area contributed by atoms with Crippen LogP contribution in [0.3, 0.4) is 0 Å². The highest BCUT2D eigenvalue weighted by molar-refractivity contribution is 6.34. The molecule has 0 radical (unpaired) electrons. The number of benzene rings is 2. The number of allylic oxidation sites excluding steroid dienone is 1. The minimum absolute atomic E-state index is 0.0494. The Kier molecular flexibility index (Phi) is 5.79. The molecule has 0 amide bonds. The summed E-state index contributed by atoms with van der Waals surface area (Å²) in [7, 11) is 0. The van der Waals surface area contributed by atoms with E-state index in [4.69, 9.17) is 34.8 Å². The number of aromatic nitrogens is 3. The van der Waals surface area contributed by atoms with E-state index in [9.17, 15) is 13.2 Å². The van der Waals surface area contributed by atoms with Crippen molar-refractivity contribution >= 4 is 40.9 Å². The first-order valence-electron chi connectivity index (χ1n) is 7.59. The largest absolute Gasteiger partial charge is 0.399 e. The Morgan fingerprint density at radius 2 is 1.70 bits per heavy atom. The van der Waals surface area contributed by atoms with Gasteiger partial charge >= 0.3 is 6.18 Å². The van der Waals surface area contributed by atoms with Crippen LogP contribution in [0.5, 0.6) is 0 Å². The van der Waals surface area contributed by atoms with E-state index in [-0.39, 0.29) is 20.6 Å². The van der Waals surface area contributed by atoms with Gasteiger partial charge in [-0.25, -0.2) is 9.67 Å². The minimum Gasteiger partial charge on any atom is -0.223 e. The molecule has 1 atom stereocenters. The molecule has 1 heterocycles. The molecular formula is C18H11Cl3F3N3. The van der Waals surface area contributed by atoms with E-state index in [2.05, 4.69) is 10.1 Å². The second-order valence-electron chi connectivity index (χ2n) is 5.63. The van der Waals surface area contributed by atoms with Crippen molar-refractivity contribution in [2.45, 2.75) is 12.1 Å². The van der Waals surface area contributed by atoms with Crippen molar-refractivity contribution in [3.05, 3.63) is 81.3 Å². The van der Waals surface area contributed by atoms with Crippen molar-refractivity contribution in [3.63, 3.8) is 0 Å². The number of hydrogen-bond donors (Lipinski definition) is 0. The Labute approximate surface area is 168 Å². The number of halogens is 6. The molecule has 3 rings (SSSR count). The second kappa shape index (κ2) is 7.92. The van der Waals surface area contributed by atoms with E-state index >= 15 is 0 Å². The molecule has 0 saturated carbocycles. The summed E-state index contributed by atoms with van der Waals surface area (Å²) < 4.78 is 42.1. The summed E-state index contributed by atoms with van der Waals surface area (Å²) in [5.41, 5.74) is 1.03. The number of hydrogen-bond acceptors (Lipinski definition) is 2. The van der Waals surface area contributed by atoms with Gasteiger partial charge in [0.05, 0.1) is 11.6 Å². The Hall–Kier alpha value is -2.02. The number of nitrogens with zero attached hydrogens (tertiary/aromatic N) is 3. The summed E-state index contributed by atoms with van der Waals surface area (Å²) in [4.78, 5) is 3.83. The maximum Gasteiger partial charge on any atom is 0.399 e. The average Bonchev–Trinajstić information content (AvgIpc) is 3.08. The molecule has 140 valence electrons. The Morgan fingerprint density at radius 3 is 2.26 bits per heavy atom. The molecule has 0 spiro atoms. The van der Waals surface area contributed by atoms with Crippen molar-refractivity contribution in [2.75, 3.05) is 0 Å². The highest BCUT2D eigenvalue weighted by Crippen LogP contribution is 2.38. The third-order valence-electron chi connectivity index (χ3n) is 3.73. The van der Waals surface area contributed by atoms with Crippen LogP contribution in [0.4, 0.5) is 13.2 Å². The summed E-state index contributed by atoms with van der Waals surface area (Å²) >= 11 is 17.9. The van der Waals surface area contributed by atoms with Gasteiger partial charge in [0.25, 0.3) is 0 Å². The van der Waals surface area contributed by atoms with Crippen molar-refractivity contribution in [2.24, 2.45) is 0 Å². The number of alkyl halides is 3. The molecule has 9 heteroatoms. The van der Waals surface area contributed by atoms with Gasteiger partial charge in [-0.05, 0) is 41.5 Å². The van der Waals surface area contributed by atoms with E-state index in [1.807, 2.05) is 0 Å². The lowest BCUT2D eigenvalue weighted by atomic mass is 9.97. The molecule has 0 aliphatic rings. The second-order valence-corrected chi connectivity index (χ2v) is 6.91. The van der Waals surface area contributed by atoms with Crippen LogP contribution in [0.25, 0.3) is 11.8 Å². The highest BCUT2D eigenvalue weighted by Gasteiger charge is 2.39. The first-order valence-corrected chi connectivity index (χ1v) is 8.73. The SMILES string of the molecule is FC(F)(F)C(/C=C/c1ccc(-n2cncn2)cc1Cl)c1cc(Cl)cc(Cl)c1. The molecule has 3 aromatic rings. The molecular weight excluding hydrogens is 422 g/mol. The van der Waals surface area contributed by atoms with Crippen LogP contribution in [-0.2, 0) is 0 Å². The molecule has 0 aliphatic heterocycles. The van der Waals surface area contributed by atoms with Crippen LogP contribution in [0.15, 0.2) is 55.1 Å². The van der Waals surface area contributed by atoms with Crippen molar-refractivity contribution in [3.8, 4) is 5.69 Å². The van der Waals surface area contributed by atoms with Gasteiger partial charge in [0.1, 0.15) is 12.7 Å². The van der Waals surface area contributed by atoms with E-state index in [0.29, 0.717) is 11.3 Å². The molecule has 1 unspecified atom stereocenters. The van der Waals surface area contributed by atoms with Crippen LogP contribution >= 0.6 is 34.8 Å². The fourth-order valence-electron chi connectivity index (χ4n) is 2.50. The molecule has 1 aromatic heterocycles. The molecule has 3 nitrogen and oxygen atoms in total. The van der Waals surface area contributed by atoms with Gasteiger partial charge in [0, 0.05) is 15.1 Å². The first-order chi connectivity index (χ1) is 12.7. The summed E-state index contributed by atoms with van der Waals surface area (Å²) in [5, 5.41) is 4.53. The highest BCUT2D eigenvalue weighted by atomic mass is 35.5. The molecule has 0 saturated heterocycles. The van der Waals surface area contributed by atoms with Gasteiger partial charge in [0.2, 0.25) is 0 Å². The summed E-state index contributed by atoms with van der Waals surface area (Å²) in [6.07, 6.45) is 0.686. The van der Waals surface area contributed by atoms with Gasteiger partial charge in [-0.15, -0.1) is 0 Å². The Bertz CT molecular complexity index is 949. The van der Waals surface area contributed by atoms with Crippen molar-refractivity contribution in [1.82, 2.24) is 14.8 Å². The van der Waals surface area contributed by atoms with Crippen LogP contribution in [-0.4, -0.2) is 20.9 Å². The fraction of sp³-hybridized carbons (Fsp3) is 0.111. The van der Waals surface area contributed by atoms with Crippen molar-refractivity contribution in [1.29, 1.82) is 0 Å². The van der Waals surface area contributed by atoms with Gasteiger partial charge in [-0.3, -0.25) is 0 Å². The predicted octanol–water partition coefficient (Wildman–Crippen LogP) is 6.59. The smallest absolute Gasteiger partial charge is 0.223 e. The van der Waals surface area contributed by atoms with E-state index in [1.165, 1.54) is 41.6 Å². The fourth-order valence-corrected chi connectivity index (χ4v) is 3.28. The van der Waals surface area contributed by atoms with Gasteiger partial charge in [-0.1, -0.05) is 53.0 Å². The molecule has 0 N–H and O–H groups in total. The van der Waals surface area contributed by atoms with Crippen LogP contribution in [0.1, 0.15) is 17.0 Å². The summed E-state index contributed by atoms with van der Waals surface area (Å²) in [5.74, 6) is -1.88. The molecule has 0 fully saturated rings. The van der Waals surface area contributed by atoms with Gasteiger partial charge < -0.3 is 0 Å². The lowest BCUT2D eigenvalue weighted by molar-refractivity contribution is -0.139. The zero-order valence-corrected chi connectivity index (χ0v) is 15.7. The van der Waals surface area contributed by atoms with Crippen LogP contribution in [0, 0.1) is 0 Å². The zero-order valence-electron chi connectivity index (χ0n) is 13.5. The quantitative estimate of drug-likeness (QED) is 0.466. The monoisotopic (exact) mass is 431 g/mol. The molecule has 27 heavy (non-hydrogen) atoms. The zero-order chi connectivity index (χ0) is 19.6. The normalized spacial score (nSPS) is 13.3. The van der Waals surface area contributed by atoms with Gasteiger partial charge in [0.15, 0.2) is 0 Å². The molecule has 0 aliphatic carbocycles. The lowest BCUT2D eigenvalue weighted by Gasteiger charge is -2.18. The maximum absolute atomic E-state index is 13.5. The summed E-state index contributed by atoms with van der Waals surface area (Å²) in [6, 6.07) is 8.74. The Balaban J connectivity index is 1.93. The third kappa shape index (κ3) is 4.83. The predicted molar refractivity (Wildman–Crippen MR) is 101 cm³/mol. The van der Waals surface area contributed by atoms with E-state index < -0.39 is 12.1 Å². The maximum atomic E-state index is 13.5. The van der Waals surface area contributed by atoms with Crippen molar-refractivity contribution < 1.29 is 13.2 Å². The van der Waals surface area contributed by atoms with Crippen LogP contribution in [0.2, 0.25) is 15.1 Å². The summed E-state index contributed by atoms with van der Waals surface area (Å²) in [6.45, 7) is 0. The number of rotatable bonds is 4. The standard InChI is InChI=1S/C18H11Cl3F3N3/c19-13-5-12(6-14(20)7-13)16(18(22,23)24)4-2-11-1-3-15(8-17(11)21)27-10-25-9-26-27/h1-10,16H/b4-2+.